The van der Waals surface area contributed by atoms with Crippen LogP contribution in [-0.2, 0) is 14.6 Å². The minimum Gasteiger partial charge on any atom is -0.399 e. The van der Waals surface area contributed by atoms with E-state index < -0.39 is 9.84 Å². The van der Waals surface area contributed by atoms with Crippen LogP contribution >= 0.6 is 15.9 Å². The number of benzene rings is 1. The zero-order valence-electron chi connectivity index (χ0n) is 9.94. The summed E-state index contributed by atoms with van der Waals surface area (Å²) < 4.78 is 24.5. The maximum Gasteiger partial charge on any atom is 0.219 e. The first-order valence-corrected chi connectivity index (χ1v) is 7.79. The molecule has 0 radical (unpaired) electrons. The van der Waals surface area contributed by atoms with Gasteiger partial charge in [0, 0.05) is 23.6 Å². The fraction of sp³-hybridized carbons (Fsp3) is 0.364. The topological polar surface area (TPSA) is 89.3 Å². The highest BCUT2D eigenvalue weighted by atomic mass is 79.9. The van der Waals surface area contributed by atoms with E-state index in [9.17, 15) is 13.2 Å². The minimum atomic E-state index is -3.39. The van der Waals surface area contributed by atoms with E-state index in [4.69, 9.17) is 5.73 Å². The van der Waals surface area contributed by atoms with Crippen molar-refractivity contribution in [1.82, 2.24) is 5.32 Å². The van der Waals surface area contributed by atoms with E-state index in [1.54, 1.807) is 6.07 Å². The lowest BCUT2D eigenvalue weighted by molar-refractivity contribution is -0.120. The van der Waals surface area contributed by atoms with Gasteiger partial charge in [-0.15, -0.1) is 0 Å². The molecule has 3 N–H and O–H groups in total. The van der Waals surface area contributed by atoms with Gasteiger partial charge >= 0.3 is 0 Å². The zero-order chi connectivity index (χ0) is 13.8. The summed E-state index contributed by atoms with van der Waals surface area (Å²) >= 11 is 3.18. The van der Waals surface area contributed by atoms with Crippen molar-refractivity contribution in [3.63, 3.8) is 0 Å². The van der Waals surface area contributed by atoms with E-state index in [1.165, 1.54) is 19.2 Å². The van der Waals surface area contributed by atoms with Gasteiger partial charge in [-0.25, -0.2) is 8.42 Å². The number of anilines is 1. The van der Waals surface area contributed by atoms with Crippen LogP contribution in [0.25, 0.3) is 0 Å². The highest BCUT2D eigenvalue weighted by molar-refractivity contribution is 9.10. The highest BCUT2D eigenvalue weighted by Crippen LogP contribution is 2.25. The van der Waals surface area contributed by atoms with Crippen molar-refractivity contribution in [2.75, 3.05) is 18.5 Å². The van der Waals surface area contributed by atoms with Gasteiger partial charge < -0.3 is 11.1 Å². The van der Waals surface area contributed by atoms with E-state index in [0.29, 0.717) is 16.6 Å². The molecular weight excluding hydrogens is 320 g/mol. The molecule has 0 aliphatic carbocycles. The van der Waals surface area contributed by atoms with Crippen molar-refractivity contribution in [3.05, 3.63) is 22.7 Å². The van der Waals surface area contributed by atoms with Gasteiger partial charge in [0.05, 0.1) is 10.6 Å². The molecule has 1 aromatic rings. The van der Waals surface area contributed by atoms with Gasteiger partial charge in [0.15, 0.2) is 9.84 Å². The maximum atomic E-state index is 12.0. The third-order valence-electron chi connectivity index (χ3n) is 2.39. The third kappa shape index (κ3) is 3.99. The van der Waals surface area contributed by atoms with E-state index in [2.05, 4.69) is 21.2 Å². The highest BCUT2D eigenvalue weighted by Gasteiger charge is 2.18. The molecule has 1 rings (SSSR count). The number of halogens is 1. The van der Waals surface area contributed by atoms with Crippen LogP contribution in [0.1, 0.15) is 12.8 Å². The summed E-state index contributed by atoms with van der Waals surface area (Å²) in [7, 11) is -1.87. The fourth-order valence-electron chi connectivity index (χ4n) is 1.43. The second kappa shape index (κ2) is 6.19. The van der Waals surface area contributed by atoms with E-state index >= 15 is 0 Å². The van der Waals surface area contributed by atoms with Gasteiger partial charge in [-0.2, -0.15) is 0 Å². The second-order valence-electron chi connectivity index (χ2n) is 3.79. The van der Waals surface area contributed by atoms with Crippen LogP contribution in [0.15, 0.2) is 27.6 Å². The summed E-state index contributed by atoms with van der Waals surface area (Å²) in [6, 6.07) is 4.55. The van der Waals surface area contributed by atoms with Crippen molar-refractivity contribution in [2.24, 2.45) is 0 Å². The van der Waals surface area contributed by atoms with Crippen molar-refractivity contribution in [2.45, 2.75) is 17.7 Å². The van der Waals surface area contributed by atoms with Crippen LogP contribution in [0.2, 0.25) is 0 Å². The van der Waals surface area contributed by atoms with Gasteiger partial charge in [0.1, 0.15) is 0 Å². The summed E-state index contributed by atoms with van der Waals surface area (Å²) in [6.07, 6.45) is 0.487. The minimum absolute atomic E-state index is 0.0665. The van der Waals surface area contributed by atoms with Gasteiger partial charge in [0.25, 0.3) is 0 Å². The lowest BCUT2D eigenvalue weighted by Crippen LogP contribution is -2.18. The third-order valence-corrected chi connectivity index (χ3v) is 5.16. The average Bonchev–Trinajstić information content (AvgIpc) is 2.27. The monoisotopic (exact) mass is 334 g/mol. The van der Waals surface area contributed by atoms with Crippen molar-refractivity contribution >= 4 is 37.4 Å². The molecule has 0 fully saturated rings. The molecule has 18 heavy (non-hydrogen) atoms. The second-order valence-corrected chi connectivity index (χ2v) is 6.72. The molecule has 0 heterocycles. The zero-order valence-corrected chi connectivity index (χ0v) is 12.3. The number of rotatable bonds is 5. The Hall–Kier alpha value is -1.08. The summed E-state index contributed by atoms with van der Waals surface area (Å²) in [4.78, 5) is 11.2. The molecule has 0 saturated heterocycles. The molecule has 0 aliphatic heterocycles. The Morgan fingerprint density at radius 1 is 1.44 bits per heavy atom. The Balaban J connectivity index is 2.77. The number of carbonyl (C=O) groups excluding carboxylic acids is 1. The molecule has 100 valence electrons. The van der Waals surface area contributed by atoms with Crippen molar-refractivity contribution in [1.29, 1.82) is 0 Å². The number of nitrogens with one attached hydrogen (secondary N) is 1. The SMILES string of the molecule is CNC(=O)CCCS(=O)(=O)c1ccc(N)cc1Br. The van der Waals surface area contributed by atoms with Crippen LogP contribution in [0.5, 0.6) is 0 Å². The molecule has 0 bridgehead atoms. The molecule has 0 spiro atoms. The van der Waals surface area contributed by atoms with Crippen LogP contribution in [0.3, 0.4) is 0 Å². The Morgan fingerprint density at radius 3 is 2.67 bits per heavy atom. The van der Waals surface area contributed by atoms with Crippen LogP contribution in [-0.4, -0.2) is 27.1 Å². The quantitative estimate of drug-likeness (QED) is 0.795. The number of nitrogens with two attached hydrogens (primary N) is 1. The van der Waals surface area contributed by atoms with Gasteiger partial charge in [-0.1, -0.05) is 0 Å². The molecule has 1 aromatic carbocycles. The normalized spacial score (nSPS) is 11.2. The fourth-order valence-corrected chi connectivity index (χ4v) is 3.94. The molecule has 0 saturated carbocycles. The molecular formula is C11H15BrN2O3S. The van der Waals surface area contributed by atoms with E-state index in [1.807, 2.05) is 0 Å². The molecule has 0 atom stereocenters. The number of hydrogen-bond donors (Lipinski definition) is 2. The smallest absolute Gasteiger partial charge is 0.219 e. The number of nitrogen functional groups attached to an aromatic ring is 1. The summed E-state index contributed by atoms with van der Waals surface area (Å²) in [6.45, 7) is 0. The predicted octanol–water partition coefficient (Wildman–Crippen LogP) is 1.33. The molecule has 0 unspecified atom stereocenters. The average molecular weight is 335 g/mol. The van der Waals surface area contributed by atoms with E-state index in [-0.39, 0.29) is 23.0 Å². The summed E-state index contributed by atoms with van der Waals surface area (Å²) in [5.41, 5.74) is 6.04. The summed E-state index contributed by atoms with van der Waals surface area (Å²) in [5, 5.41) is 2.45. The van der Waals surface area contributed by atoms with E-state index in [0.717, 1.165) is 0 Å². The molecule has 7 heteroatoms. The lowest BCUT2D eigenvalue weighted by Gasteiger charge is -2.07. The Labute approximate surface area is 115 Å². The largest absolute Gasteiger partial charge is 0.399 e. The molecule has 1 amide bonds. The van der Waals surface area contributed by atoms with Gasteiger partial charge in [0.2, 0.25) is 5.91 Å². The van der Waals surface area contributed by atoms with Crippen LogP contribution in [0.4, 0.5) is 5.69 Å². The van der Waals surface area contributed by atoms with Gasteiger partial charge in [-0.3, -0.25) is 4.79 Å². The Bertz CT molecular complexity index is 543. The lowest BCUT2D eigenvalue weighted by atomic mass is 10.3. The van der Waals surface area contributed by atoms with Crippen molar-refractivity contribution in [3.8, 4) is 0 Å². The molecule has 0 aliphatic rings. The number of carbonyl (C=O) groups is 1. The number of hydrogen-bond acceptors (Lipinski definition) is 4. The number of amides is 1. The van der Waals surface area contributed by atoms with Crippen molar-refractivity contribution < 1.29 is 13.2 Å². The first kappa shape index (κ1) is 15.0. The standard InChI is InChI=1S/C11H15BrN2O3S/c1-14-11(15)3-2-6-18(16,17)10-5-4-8(13)7-9(10)12/h4-5,7H,2-3,6,13H2,1H3,(H,14,15). The van der Waals surface area contributed by atoms with Gasteiger partial charge in [-0.05, 0) is 40.5 Å². The van der Waals surface area contributed by atoms with Crippen LogP contribution in [0, 0.1) is 0 Å². The Kier molecular flexibility index (Phi) is 5.15. The predicted molar refractivity (Wildman–Crippen MR) is 73.9 cm³/mol. The van der Waals surface area contributed by atoms with Crippen LogP contribution < -0.4 is 11.1 Å². The molecule has 5 nitrogen and oxygen atoms in total. The Morgan fingerprint density at radius 2 is 2.11 bits per heavy atom. The maximum absolute atomic E-state index is 12.0. The first-order chi connectivity index (χ1) is 8.36. The number of sulfone groups is 1. The summed E-state index contributed by atoms with van der Waals surface area (Å²) in [5.74, 6) is -0.232. The molecule has 0 aromatic heterocycles. The first-order valence-electron chi connectivity index (χ1n) is 5.35.